The van der Waals surface area contributed by atoms with E-state index in [0.29, 0.717) is 45.0 Å². The number of thiophene rings is 1. The first-order chi connectivity index (χ1) is 14.7. The molecule has 0 bridgehead atoms. The number of aryl methyl sites for hydroxylation is 1. The van der Waals surface area contributed by atoms with E-state index in [1.165, 1.54) is 17.7 Å². The quantitative estimate of drug-likeness (QED) is 0.579. The number of aromatic nitrogens is 2. The summed E-state index contributed by atoms with van der Waals surface area (Å²) in [6.07, 6.45) is 2.00. The first-order valence-electron chi connectivity index (χ1n) is 9.63. The molecule has 0 spiro atoms. The zero-order valence-electron chi connectivity index (χ0n) is 16.6. The highest BCUT2D eigenvalue weighted by atomic mass is 32.2. The van der Waals surface area contributed by atoms with E-state index in [4.69, 9.17) is 0 Å². The average Bonchev–Trinajstić information content (AvgIpc) is 3.23. The Labute approximate surface area is 181 Å². The van der Waals surface area contributed by atoms with Crippen LogP contribution in [-0.4, -0.2) is 42.3 Å². The number of nitrogens with one attached hydrogen (secondary N) is 2. The van der Waals surface area contributed by atoms with E-state index >= 15 is 0 Å². The molecule has 1 saturated heterocycles. The van der Waals surface area contributed by atoms with Crippen molar-refractivity contribution >= 4 is 43.1 Å². The van der Waals surface area contributed by atoms with Gasteiger partial charge in [-0.05, 0) is 42.5 Å². The van der Waals surface area contributed by atoms with Crippen molar-refractivity contribution in [2.75, 3.05) is 23.4 Å². The zero-order valence-corrected chi connectivity index (χ0v) is 18.2. The highest BCUT2D eigenvalue weighted by Crippen LogP contribution is 2.33. The summed E-state index contributed by atoms with van der Waals surface area (Å²) in [5.74, 6) is -0.858. The Kier molecular flexibility index (Phi) is 5.89. The van der Waals surface area contributed by atoms with Crippen molar-refractivity contribution in [3.8, 4) is 0 Å². The number of hydrogen-bond acceptors (Lipinski definition) is 7. The first-order valence-corrected chi connectivity index (χ1v) is 12.3. The smallest absolute Gasteiger partial charge is 0.261 e. The van der Waals surface area contributed by atoms with Crippen molar-refractivity contribution in [1.29, 1.82) is 0 Å². The molecule has 1 atom stereocenters. The second kappa shape index (κ2) is 8.46. The van der Waals surface area contributed by atoms with Crippen LogP contribution >= 0.6 is 11.3 Å². The van der Waals surface area contributed by atoms with Crippen LogP contribution in [0.5, 0.6) is 0 Å². The van der Waals surface area contributed by atoms with Gasteiger partial charge in [0, 0.05) is 19.2 Å². The summed E-state index contributed by atoms with van der Waals surface area (Å²) in [4.78, 5) is 22.3. The van der Waals surface area contributed by atoms with Gasteiger partial charge < -0.3 is 10.6 Å². The van der Waals surface area contributed by atoms with Gasteiger partial charge in [-0.15, -0.1) is 11.3 Å². The minimum absolute atomic E-state index is 0.0170. The summed E-state index contributed by atoms with van der Waals surface area (Å²) in [5, 5.41) is 6.59. The lowest BCUT2D eigenvalue weighted by Crippen LogP contribution is -2.22. The molecule has 3 heterocycles. The second-order valence-electron chi connectivity index (χ2n) is 7.57. The number of sulfone groups is 1. The molecule has 7 nitrogen and oxygen atoms in total. The predicted octanol–water partition coefficient (Wildman–Crippen LogP) is 3.05. The lowest BCUT2D eigenvalue weighted by atomic mass is 10.1. The number of benzene rings is 1. The summed E-state index contributed by atoms with van der Waals surface area (Å²) < 4.78 is 50.0. The zero-order chi connectivity index (χ0) is 22.2. The van der Waals surface area contributed by atoms with Crippen molar-refractivity contribution in [2.45, 2.75) is 19.9 Å². The number of amides is 1. The molecule has 1 fully saturated rings. The summed E-state index contributed by atoms with van der Waals surface area (Å²) in [6.45, 7) is 2.23. The molecule has 2 N–H and O–H groups in total. The van der Waals surface area contributed by atoms with Gasteiger partial charge in [0.25, 0.3) is 5.91 Å². The van der Waals surface area contributed by atoms with Crippen LogP contribution in [0.2, 0.25) is 0 Å². The van der Waals surface area contributed by atoms with Crippen LogP contribution in [0.3, 0.4) is 0 Å². The number of hydrogen-bond donors (Lipinski definition) is 2. The van der Waals surface area contributed by atoms with Crippen molar-refractivity contribution in [3.05, 3.63) is 52.2 Å². The van der Waals surface area contributed by atoms with E-state index in [1.807, 2.05) is 0 Å². The van der Waals surface area contributed by atoms with E-state index in [2.05, 4.69) is 20.6 Å². The molecule has 1 aliphatic rings. The fourth-order valence-corrected chi connectivity index (χ4v) is 6.60. The Morgan fingerprint density at radius 2 is 1.97 bits per heavy atom. The monoisotopic (exact) mass is 466 g/mol. The number of rotatable bonds is 6. The number of fused-ring (bicyclic) bond motifs is 1. The number of halogens is 2. The van der Waals surface area contributed by atoms with Gasteiger partial charge in [-0.1, -0.05) is 0 Å². The van der Waals surface area contributed by atoms with Crippen molar-refractivity contribution < 1.29 is 22.0 Å². The molecule has 4 rings (SSSR count). The summed E-state index contributed by atoms with van der Waals surface area (Å²) in [7, 11) is -2.96. The summed E-state index contributed by atoms with van der Waals surface area (Å²) in [6, 6.07) is 3.10. The number of carbonyl (C=O) groups is 1. The molecule has 0 radical (unpaired) electrons. The Balaban J connectivity index is 1.50. The maximum Gasteiger partial charge on any atom is 0.261 e. The minimum Gasteiger partial charge on any atom is -0.369 e. The standard InChI is InChI=1S/C20H20F2N4O3S2/c1-11-16-18(23-7-12-2-3-31(28,29)9-12)25-10-26-20(16)30-17(11)19(27)24-8-13-4-14(21)6-15(22)5-13/h4-6,10,12H,2-3,7-9H2,1H3,(H,24,27)(H,23,25,26)/t12-/m1/s1. The van der Waals surface area contributed by atoms with Crippen LogP contribution in [0.15, 0.2) is 24.5 Å². The molecule has 1 amide bonds. The van der Waals surface area contributed by atoms with Gasteiger partial charge >= 0.3 is 0 Å². The van der Waals surface area contributed by atoms with Crippen LogP contribution in [0.25, 0.3) is 10.2 Å². The van der Waals surface area contributed by atoms with Gasteiger partial charge in [-0.2, -0.15) is 0 Å². The fourth-order valence-electron chi connectivity index (χ4n) is 3.67. The van der Waals surface area contributed by atoms with Crippen LogP contribution in [0, 0.1) is 24.5 Å². The van der Waals surface area contributed by atoms with Gasteiger partial charge in [0.1, 0.15) is 28.6 Å². The van der Waals surface area contributed by atoms with E-state index in [0.717, 1.165) is 18.2 Å². The third-order valence-electron chi connectivity index (χ3n) is 5.19. The molecule has 2 aromatic heterocycles. The molecule has 0 saturated carbocycles. The molecule has 1 aromatic carbocycles. The largest absolute Gasteiger partial charge is 0.369 e. The summed E-state index contributed by atoms with van der Waals surface area (Å²) >= 11 is 1.20. The van der Waals surface area contributed by atoms with Crippen LogP contribution in [0.1, 0.15) is 27.2 Å². The van der Waals surface area contributed by atoms with Crippen LogP contribution < -0.4 is 10.6 Å². The van der Waals surface area contributed by atoms with Crippen LogP contribution in [0.4, 0.5) is 14.6 Å². The third kappa shape index (κ3) is 4.82. The predicted molar refractivity (Wildman–Crippen MR) is 115 cm³/mol. The molecular formula is C20H20F2N4O3S2. The Morgan fingerprint density at radius 1 is 1.23 bits per heavy atom. The number of nitrogens with zero attached hydrogens (tertiary/aromatic N) is 2. The highest BCUT2D eigenvalue weighted by Gasteiger charge is 2.28. The molecule has 3 aromatic rings. The van der Waals surface area contributed by atoms with Gasteiger partial charge in [0.05, 0.1) is 21.8 Å². The molecule has 11 heteroatoms. The average molecular weight is 467 g/mol. The van der Waals surface area contributed by atoms with Crippen molar-refractivity contribution in [1.82, 2.24) is 15.3 Å². The minimum atomic E-state index is -2.96. The second-order valence-corrected chi connectivity index (χ2v) is 10.8. The molecule has 31 heavy (non-hydrogen) atoms. The maximum atomic E-state index is 13.3. The fraction of sp³-hybridized carbons (Fsp3) is 0.350. The molecule has 0 unspecified atom stereocenters. The normalized spacial score (nSPS) is 17.7. The highest BCUT2D eigenvalue weighted by molar-refractivity contribution is 7.91. The van der Waals surface area contributed by atoms with Gasteiger partial charge in [0.15, 0.2) is 9.84 Å². The van der Waals surface area contributed by atoms with E-state index in [9.17, 15) is 22.0 Å². The maximum absolute atomic E-state index is 13.3. The Morgan fingerprint density at radius 3 is 2.65 bits per heavy atom. The SMILES string of the molecule is Cc1c(C(=O)NCc2cc(F)cc(F)c2)sc2ncnc(NC[C@H]3CCS(=O)(=O)C3)c12. The molecule has 164 valence electrons. The van der Waals surface area contributed by atoms with Gasteiger partial charge in [-0.3, -0.25) is 4.79 Å². The van der Waals surface area contributed by atoms with Crippen LogP contribution in [-0.2, 0) is 16.4 Å². The Hall–Kier alpha value is -2.66. The topological polar surface area (TPSA) is 101 Å². The van der Waals surface area contributed by atoms with Crippen molar-refractivity contribution in [2.24, 2.45) is 5.92 Å². The van der Waals surface area contributed by atoms with Crippen molar-refractivity contribution in [3.63, 3.8) is 0 Å². The number of anilines is 1. The molecular weight excluding hydrogens is 446 g/mol. The first kappa shape index (κ1) is 21.6. The lowest BCUT2D eigenvalue weighted by molar-refractivity contribution is 0.0954. The van der Waals surface area contributed by atoms with Gasteiger partial charge in [0.2, 0.25) is 0 Å². The summed E-state index contributed by atoms with van der Waals surface area (Å²) in [5.41, 5.74) is 1.00. The molecule has 1 aliphatic heterocycles. The van der Waals surface area contributed by atoms with Gasteiger partial charge in [-0.25, -0.2) is 27.2 Å². The van der Waals surface area contributed by atoms with E-state index in [-0.39, 0.29) is 29.9 Å². The van der Waals surface area contributed by atoms with E-state index < -0.39 is 21.5 Å². The Bertz CT molecular complexity index is 1240. The lowest BCUT2D eigenvalue weighted by Gasteiger charge is -2.11. The molecule has 0 aliphatic carbocycles. The number of carbonyl (C=O) groups excluding carboxylic acids is 1. The van der Waals surface area contributed by atoms with E-state index in [1.54, 1.807) is 6.92 Å². The third-order valence-corrected chi connectivity index (χ3v) is 8.23.